The van der Waals surface area contributed by atoms with Gasteiger partial charge in [0.1, 0.15) is 22.8 Å². The number of hydrogen-bond acceptors (Lipinski definition) is 6. The normalized spacial score (nSPS) is 13.8. The Morgan fingerprint density at radius 2 is 1.89 bits per heavy atom. The van der Waals surface area contributed by atoms with Gasteiger partial charge >= 0.3 is 0 Å². The predicted octanol–water partition coefficient (Wildman–Crippen LogP) is 5.63. The molecule has 1 saturated heterocycles. The number of nitrogens with one attached hydrogen (secondary N) is 2. The van der Waals surface area contributed by atoms with Crippen LogP contribution in [-0.2, 0) is 9.53 Å². The summed E-state index contributed by atoms with van der Waals surface area (Å²) in [5.41, 5.74) is 5.29. The van der Waals surface area contributed by atoms with Crippen LogP contribution in [0.1, 0.15) is 13.3 Å². The Bertz CT molecular complexity index is 1380. The fourth-order valence-electron chi connectivity index (χ4n) is 4.30. The van der Waals surface area contributed by atoms with E-state index in [-0.39, 0.29) is 5.91 Å². The Kier molecular flexibility index (Phi) is 8.47. The van der Waals surface area contributed by atoms with Crippen molar-refractivity contribution in [3.05, 3.63) is 71.5 Å². The van der Waals surface area contributed by atoms with Crippen LogP contribution in [0, 0.1) is 0 Å². The van der Waals surface area contributed by atoms with E-state index in [1.165, 1.54) is 0 Å². The number of ether oxygens (including phenoxy) is 2. The molecule has 2 N–H and O–H groups in total. The molecule has 0 saturated carbocycles. The topological polar surface area (TPSA) is 92.4 Å². The SMILES string of the molecule is CCC(=O)Nc1ccc(-c2nc(-c3cccc(OCCN4CCOCC4)c3)c(-c3ccnc(Br)c3)[nH]2)cc1. The first-order valence-electron chi connectivity index (χ1n) is 12.7. The van der Waals surface area contributed by atoms with Gasteiger partial charge in [-0.3, -0.25) is 9.69 Å². The fraction of sp³-hybridized carbons (Fsp3) is 0.276. The van der Waals surface area contributed by atoms with Crippen LogP contribution in [0.5, 0.6) is 5.75 Å². The van der Waals surface area contributed by atoms with Crippen molar-refractivity contribution in [1.82, 2.24) is 19.9 Å². The second-order valence-electron chi connectivity index (χ2n) is 8.99. The zero-order valence-corrected chi connectivity index (χ0v) is 22.8. The number of aromatic amines is 1. The first kappa shape index (κ1) is 26.1. The van der Waals surface area contributed by atoms with Crippen LogP contribution >= 0.6 is 15.9 Å². The molecule has 9 heteroatoms. The summed E-state index contributed by atoms with van der Waals surface area (Å²) in [6.07, 6.45) is 2.20. The Hall–Kier alpha value is -3.53. The molecule has 0 bridgehead atoms. The molecule has 0 radical (unpaired) electrons. The number of hydrogen-bond donors (Lipinski definition) is 2. The van der Waals surface area contributed by atoms with Gasteiger partial charge in [0.15, 0.2) is 0 Å². The van der Waals surface area contributed by atoms with Crippen LogP contribution in [0.4, 0.5) is 5.69 Å². The lowest BCUT2D eigenvalue weighted by Gasteiger charge is -2.26. The highest BCUT2D eigenvalue weighted by Gasteiger charge is 2.17. The summed E-state index contributed by atoms with van der Waals surface area (Å²) < 4.78 is 12.3. The van der Waals surface area contributed by atoms with Crippen molar-refractivity contribution in [2.24, 2.45) is 0 Å². The number of anilines is 1. The van der Waals surface area contributed by atoms with Gasteiger partial charge in [-0.05, 0) is 64.5 Å². The molecular weight excluding hydrogens is 546 g/mol. The third-order valence-electron chi connectivity index (χ3n) is 6.37. The van der Waals surface area contributed by atoms with E-state index >= 15 is 0 Å². The number of pyridine rings is 1. The van der Waals surface area contributed by atoms with Crippen molar-refractivity contribution in [3.63, 3.8) is 0 Å². The number of rotatable bonds is 9. The molecule has 2 aromatic carbocycles. The average Bonchev–Trinajstić information content (AvgIpc) is 3.40. The quantitative estimate of drug-likeness (QED) is 0.251. The van der Waals surface area contributed by atoms with E-state index in [4.69, 9.17) is 14.5 Å². The number of amides is 1. The van der Waals surface area contributed by atoms with Crippen LogP contribution in [-0.4, -0.2) is 65.2 Å². The van der Waals surface area contributed by atoms with Gasteiger partial charge in [0.2, 0.25) is 5.91 Å². The molecule has 1 aliphatic rings. The second kappa shape index (κ2) is 12.3. The zero-order valence-electron chi connectivity index (χ0n) is 21.2. The van der Waals surface area contributed by atoms with Crippen molar-refractivity contribution in [1.29, 1.82) is 0 Å². The fourth-order valence-corrected chi connectivity index (χ4v) is 4.66. The maximum Gasteiger partial charge on any atom is 0.224 e. The Morgan fingerprint density at radius 1 is 1.08 bits per heavy atom. The summed E-state index contributed by atoms with van der Waals surface area (Å²) in [5.74, 6) is 1.52. The molecule has 1 amide bonds. The lowest BCUT2D eigenvalue weighted by Crippen LogP contribution is -2.38. The van der Waals surface area contributed by atoms with E-state index < -0.39 is 0 Å². The summed E-state index contributed by atoms with van der Waals surface area (Å²) in [5, 5.41) is 2.88. The van der Waals surface area contributed by atoms with E-state index in [9.17, 15) is 4.79 Å². The Labute approximate surface area is 230 Å². The van der Waals surface area contributed by atoms with E-state index in [0.717, 1.165) is 82.8 Å². The summed E-state index contributed by atoms with van der Waals surface area (Å²) in [4.78, 5) is 26.9. The van der Waals surface area contributed by atoms with Crippen LogP contribution in [0.3, 0.4) is 0 Å². The number of H-pyrrole nitrogens is 1. The highest BCUT2D eigenvalue weighted by Crippen LogP contribution is 2.35. The van der Waals surface area contributed by atoms with Gasteiger partial charge < -0.3 is 19.8 Å². The lowest BCUT2D eigenvalue weighted by atomic mass is 10.1. The van der Waals surface area contributed by atoms with Gasteiger partial charge in [-0.25, -0.2) is 9.97 Å². The molecule has 0 atom stereocenters. The summed E-state index contributed by atoms with van der Waals surface area (Å²) in [6, 6.07) is 19.6. The number of halogens is 1. The molecule has 38 heavy (non-hydrogen) atoms. The highest BCUT2D eigenvalue weighted by atomic mass is 79.9. The molecule has 1 aliphatic heterocycles. The molecule has 0 aliphatic carbocycles. The first-order valence-corrected chi connectivity index (χ1v) is 13.5. The number of aromatic nitrogens is 3. The second-order valence-corrected chi connectivity index (χ2v) is 9.80. The molecule has 0 unspecified atom stereocenters. The maximum absolute atomic E-state index is 11.7. The Morgan fingerprint density at radius 3 is 2.66 bits per heavy atom. The van der Waals surface area contributed by atoms with Crippen LogP contribution < -0.4 is 10.1 Å². The van der Waals surface area contributed by atoms with Gasteiger partial charge in [0.05, 0.1) is 24.6 Å². The monoisotopic (exact) mass is 575 g/mol. The molecule has 196 valence electrons. The number of nitrogens with zero attached hydrogens (tertiary/aromatic N) is 3. The van der Waals surface area contributed by atoms with Gasteiger partial charge in [-0.2, -0.15) is 0 Å². The van der Waals surface area contributed by atoms with Crippen molar-refractivity contribution in [2.75, 3.05) is 44.8 Å². The molecular formula is C29H30BrN5O3. The first-order chi connectivity index (χ1) is 18.6. The Balaban J connectivity index is 1.42. The molecule has 2 aromatic heterocycles. The average molecular weight is 576 g/mol. The van der Waals surface area contributed by atoms with Crippen molar-refractivity contribution in [2.45, 2.75) is 13.3 Å². The van der Waals surface area contributed by atoms with E-state index in [0.29, 0.717) is 13.0 Å². The van der Waals surface area contributed by atoms with Gasteiger partial charge in [0.25, 0.3) is 0 Å². The molecule has 8 nitrogen and oxygen atoms in total. The minimum Gasteiger partial charge on any atom is -0.492 e. The maximum atomic E-state index is 11.7. The van der Waals surface area contributed by atoms with E-state index in [2.05, 4.69) is 36.1 Å². The van der Waals surface area contributed by atoms with Gasteiger partial charge in [-0.1, -0.05) is 19.1 Å². The number of imidazole rings is 1. The number of morpholine rings is 1. The van der Waals surface area contributed by atoms with Gasteiger partial charge in [-0.15, -0.1) is 0 Å². The van der Waals surface area contributed by atoms with Crippen molar-refractivity contribution >= 4 is 27.5 Å². The van der Waals surface area contributed by atoms with E-state index in [1.54, 1.807) is 6.20 Å². The third kappa shape index (κ3) is 6.48. The zero-order chi connectivity index (χ0) is 26.3. The lowest BCUT2D eigenvalue weighted by molar-refractivity contribution is -0.115. The minimum absolute atomic E-state index is 0.0179. The summed E-state index contributed by atoms with van der Waals surface area (Å²) in [7, 11) is 0. The smallest absolute Gasteiger partial charge is 0.224 e. The number of carbonyl (C=O) groups is 1. The molecule has 5 rings (SSSR count). The molecule has 0 spiro atoms. The summed E-state index contributed by atoms with van der Waals surface area (Å²) >= 11 is 3.49. The van der Waals surface area contributed by atoms with Crippen LogP contribution in [0.25, 0.3) is 33.9 Å². The molecule has 1 fully saturated rings. The number of benzene rings is 2. The number of carbonyl (C=O) groups excluding carboxylic acids is 1. The highest BCUT2D eigenvalue weighted by molar-refractivity contribution is 9.10. The van der Waals surface area contributed by atoms with E-state index in [1.807, 2.05) is 67.6 Å². The standard InChI is InChI=1S/C29H30BrN5O3/c1-2-26(36)32-23-8-6-20(7-9-23)29-33-27(28(34-29)22-10-11-31-25(30)19-22)21-4-3-5-24(18-21)38-17-14-35-12-15-37-16-13-35/h3-11,18-19H,2,12-17H2,1H3,(H,32,36)(H,33,34). The molecule has 4 aromatic rings. The van der Waals surface area contributed by atoms with Crippen molar-refractivity contribution < 1.29 is 14.3 Å². The summed E-state index contributed by atoms with van der Waals surface area (Å²) in [6.45, 7) is 6.75. The minimum atomic E-state index is -0.0179. The predicted molar refractivity (Wildman–Crippen MR) is 152 cm³/mol. The van der Waals surface area contributed by atoms with Crippen LogP contribution in [0.15, 0.2) is 71.5 Å². The van der Waals surface area contributed by atoms with Crippen molar-refractivity contribution in [3.8, 4) is 39.7 Å². The third-order valence-corrected chi connectivity index (χ3v) is 6.80. The van der Waals surface area contributed by atoms with Crippen LogP contribution in [0.2, 0.25) is 0 Å². The van der Waals surface area contributed by atoms with Gasteiger partial charge in [0, 0.05) is 54.6 Å². The molecule has 3 heterocycles. The largest absolute Gasteiger partial charge is 0.492 e.